The minimum Gasteiger partial charge on any atom is -0.368 e. The predicted molar refractivity (Wildman–Crippen MR) is 128 cm³/mol. The van der Waals surface area contributed by atoms with Gasteiger partial charge in [-0.1, -0.05) is 37.3 Å². The number of aromatic nitrogens is 3. The van der Waals surface area contributed by atoms with Crippen LogP contribution in [0.3, 0.4) is 0 Å². The van der Waals surface area contributed by atoms with Crippen molar-refractivity contribution < 1.29 is 4.79 Å². The predicted octanol–water partition coefficient (Wildman–Crippen LogP) is 4.47. The molecule has 162 valence electrons. The zero-order valence-electron chi connectivity index (χ0n) is 18.3. The van der Waals surface area contributed by atoms with Gasteiger partial charge in [0, 0.05) is 55.7 Å². The van der Waals surface area contributed by atoms with Crippen LogP contribution in [0.4, 0.5) is 5.69 Å². The molecule has 3 heterocycles. The Hall–Kier alpha value is -3.67. The van der Waals surface area contributed by atoms with Crippen molar-refractivity contribution in [2.24, 2.45) is 0 Å². The van der Waals surface area contributed by atoms with Crippen LogP contribution in [0.5, 0.6) is 0 Å². The Labute approximate surface area is 188 Å². The van der Waals surface area contributed by atoms with Gasteiger partial charge in [0.05, 0.1) is 0 Å². The number of piperazine rings is 1. The van der Waals surface area contributed by atoms with E-state index in [1.54, 1.807) is 6.20 Å². The first kappa shape index (κ1) is 20.2. The van der Waals surface area contributed by atoms with Crippen LogP contribution < -0.4 is 4.90 Å². The topological polar surface area (TPSA) is 54.3 Å². The second kappa shape index (κ2) is 8.83. The Bertz CT molecular complexity index is 1230. The molecule has 4 aromatic rings. The van der Waals surface area contributed by atoms with Gasteiger partial charge in [-0.2, -0.15) is 0 Å². The lowest BCUT2D eigenvalue weighted by Crippen LogP contribution is -2.48. The molecule has 0 unspecified atom stereocenters. The Morgan fingerprint density at radius 2 is 1.75 bits per heavy atom. The number of carbonyl (C=O) groups is 1. The van der Waals surface area contributed by atoms with Crippen LogP contribution in [-0.4, -0.2) is 51.5 Å². The quantitative estimate of drug-likeness (QED) is 0.473. The summed E-state index contributed by atoms with van der Waals surface area (Å²) in [5.74, 6) is 0.944. The number of hydrogen-bond acceptors (Lipinski definition) is 4. The summed E-state index contributed by atoms with van der Waals surface area (Å²) in [5.41, 5.74) is 4.64. The van der Waals surface area contributed by atoms with E-state index in [4.69, 9.17) is 4.98 Å². The van der Waals surface area contributed by atoms with Crippen molar-refractivity contribution in [2.45, 2.75) is 19.9 Å². The number of benzene rings is 2. The minimum atomic E-state index is 0.0795. The third kappa shape index (κ3) is 3.84. The molecule has 1 fully saturated rings. The number of nitrogens with zero attached hydrogens (tertiary/aromatic N) is 5. The summed E-state index contributed by atoms with van der Waals surface area (Å²) in [5, 5.41) is 0. The maximum Gasteiger partial charge on any atom is 0.253 e. The number of aryl methyl sites for hydroxylation is 1. The van der Waals surface area contributed by atoms with E-state index in [9.17, 15) is 4.79 Å². The number of amides is 1. The van der Waals surface area contributed by atoms with E-state index in [-0.39, 0.29) is 5.91 Å². The van der Waals surface area contributed by atoms with Gasteiger partial charge in [0.2, 0.25) is 0 Å². The van der Waals surface area contributed by atoms with Gasteiger partial charge >= 0.3 is 0 Å². The zero-order valence-corrected chi connectivity index (χ0v) is 18.3. The molecule has 0 radical (unpaired) electrons. The second-order valence-electron chi connectivity index (χ2n) is 8.13. The number of carbonyl (C=O) groups excluding carboxylic acids is 1. The van der Waals surface area contributed by atoms with Gasteiger partial charge in [-0.05, 0) is 42.8 Å². The van der Waals surface area contributed by atoms with Gasteiger partial charge in [0.15, 0.2) is 5.65 Å². The van der Waals surface area contributed by atoms with Crippen molar-refractivity contribution in [3.8, 4) is 11.4 Å². The molecule has 1 saturated heterocycles. The molecule has 5 rings (SSSR count). The van der Waals surface area contributed by atoms with Gasteiger partial charge in [-0.3, -0.25) is 4.79 Å². The van der Waals surface area contributed by atoms with Gasteiger partial charge in [-0.25, -0.2) is 9.97 Å². The standard InChI is InChI=1S/C26H27N5O/c1-2-14-31-24(28-23-12-7-13-27-25(23)31)20-8-6-9-21(19-20)26(32)30-17-15-29(16-18-30)22-10-4-3-5-11-22/h3-13,19H,2,14-18H2,1H3. The molecule has 2 aromatic carbocycles. The Kier molecular flexibility index (Phi) is 5.58. The molecule has 2 aromatic heterocycles. The number of rotatable bonds is 5. The van der Waals surface area contributed by atoms with E-state index in [0.717, 1.165) is 61.7 Å². The lowest BCUT2D eigenvalue weighted by Gasteiger charge is -2.36. The average Bonchev–Trinajstić information content (AvgIpc) is 3.23. The van der Waals surface area contributed by atoms with Crippen molar-refractivity contribution in [3.63, 3.8) is 0 Å². The summed E-state index contributed by atoms with van der Waals surface area (Å²) in [6.45, 7) is 6.10. The third-order valence-corrected chi connectivity index (χ3v) is 6.01. The van der Waals surface area contributed by atoms with E-state index >= 15 is 0 Å². The number of para-hydroxylation sites is 1. The molecule has 0 bridgehead atoms. The molecule has 0 atom stereocenters. The largest absolute Gasteiger partial charge is 0.368 e. The molecule has 0 spiro atoms. The molecule has 32 heavy (non-hydrogen) atoms. The Balaban J connectivity index is 1.37. The lowest BCUT2D eigenvalue weighted by molar-refractivity contribution is 0.0747. The van der Waals surface area contributed by atoms with Gasteiger partial charge < -0.3 is 14.4 Å². The lowest BCUT2D eigenvalue weighted by atomic mass is 10.1. The smallest absolute Gasteiger partial charge is 0.253 e. The van der Waals surface area contributed by atoms with Crippen LogP contribution in [0.15, 0.2) is 72.9 Å². The molecular formula is C26H27N5O. The normalized spacial score (nSPS) is 14.2. The van der Waals surface area contributed by atoms with Crippen molar-refractivity contribution in [1.82, 2.24) is 19.4 Å². The molecule has 1 amide bonds. The fourth-order valence-electron chi connectivity index (χ4n) is 4.39. The summed E-state index contributed by atoms with van der Waals surface area (Å²) < 4.78 is 2.15. The van der Waals surface area contributed by atoms with Gasteiger partial charge in [-0.15, -0.1) is 0 Å². The first-order valence-electron chi connectivity index (χ1n) is 11.3. The summed E-state index contributed by atoms with van der Waals surface area (Å²) in [6, 6.07) is 22.1. The Morgan fingerprint density at radius 3 is 2.53 bits per heavy atom. The molecule has 1 aliphatic rings. The highest BCUT2D eigenvalue weighted by Crippen LogP contribution is 2.25. The molecule has 6 heteroatoms. The number of hydrogen-bond donors (Lipinski definition) is 0. The highest BCUT2D eigenvalue weighted by atomic mass is 16.2. The first-order valence-corrected chi connectivity index (χ1v) is 11.3. The van der Waals surface area contributed by atoms with Crippen LogP contribution in [-0.2, 0) is 6.54 Å². The van der Waals surface area contributed by atoms with E-state index in [2.05, 4.69) is 45.6 Å². The third-order valence-electron chi connectivity index (χ3n) is 6.01. The van der Waals surface area contributed by atoms with Crippen LogP contribution >= 0.6 is 0 Å². The second-order valence-corrected chi connectivity index (χ2v) is 8.13. The summed E-state index contributed by atoms with van der Waals surface area (Å²) >= 11 is 0. The maximum atomic E-state index is 13.3. The monoisotopic (exact) mass is 425 g/mol. The minimum absolute atomic E-state index is 0.0795. The van der Waals surface area contributed by atoms with E-state index in [0.29, 0.717) is 5.56 Å². The molecule has 6 nitrogen and oxygen atoms in total. The summed E-state index contributed by atoms with van der Waals surface area (Å²) in [6.07, 6.45) is 2.79. The number of pyridine rings is 1. The van der Waals surface area contributed by atoms with Crippen LogP contribution in [0, 0.1) is 0 Å². The summed E-state index contributed by atoms with van der Waals surface area (Å²) in [7, 11) is 0. The molecule has 0 aliphatic carbocycles. The van der Waals surface area contributed by atoms with Crippen molar-refractivity contribution in [2.75, 3.05) is 31.1 Å². The average molecular weight is 426 g/mol. The highest BCUT2D eigenvalue weighted by molar-refractivity contribution is 5.95. The van der Waals surface area contributed by atoms with Crippen molar-refractivity contribution >= 4 is 22.8 Å². The number of fused-ring (bicyclic) bond motifs is 1. The van der Waals surface area contributed by atoms with E-state index < -0.39 is 0 Å². The fourth-order valence-corrected chi connectivity index (χ4v) is 4.39. The Morgan fingerprint density at radius 1 is 0.938 bits per heavy atom. The van der Waals surface area contributed by atoms with Gasteiger partial charge in [0.25, 0.3) is 5.91 Å². The number of anilines is 1. The zero-order chi connectivity index (χ0) is 21.9. The van der Waals surface area contributed by atoms with Gasteiger partial charge in [0.1, 0.15) is 11.3 Å². The summed E-state index contributed by atoms with van der Waals surface area (Å²) in [4.78, 5) is 26.9. The highest BCUT2D eigenvalue weighted by Gasteiger charge is 2.23. The first-order chi connectivity index (χ1) is 15.7. The van der Waals surface area contributed by atoms with Crippen molar-refractivity contribution in [3.05, 3.63) is 78.5 Å². The maximum absolute atomic E-state index is 13.3. The van der Waals surface area contributed by atoms with E-state index in [1.165, 1.54) is 5.69 Å². The van der Waals surface area contributed by atoms with E-state index in [1.807, 2.05) is 47.4 Å². The van der Waals surface area contributed by atoms with Crippen LogP contribution in [0.25, 0.3) is 22.6 Å². The van der Waals surface area contributed by atoms with Crippen LogP contribution in [0.1, 0.15) is 23.7 Å². The molecule has 0 N–H and O–H groups in total. The molecule has 0 saturated carbocycles. The molecule has 1 aliphatic heterocycles. The van der Waals surface area contributed by atoms with Crippen molar-refractivity contribution in [1.29, 1.82) is 0 Å². The fraction of sp³-hybridized carbons (Fsp3) is 0.269. The number of imidazole rings is 1. The molecular weight excluding hydrogens is 398 g/mol. The van der Waals surface area contributed by atoms with Crippen LogP contribution in [0.2, 0.25) is 0 Å². The SMILES string of the molecule is CCCn1c(-c2cccc(C(=O)N3CCN(c4ccccc4)CC3)c2)nc2cccnc21.